The molecule has 0 fully saturated rings. The maximum absolute atomic E-state index is 12.5. The van der Waals surface area contributed by atoms with Crippen LogP contribution >= 0.6 is 11.6 Å². The first-order valence-electron chi connectivity index (χ1n) is 7.52. The normalized spacial score (nSPS) is 12.5. The lowest BCUT2D eigenvalue weighted by Gasteiger charge is -2.20. The molecule has 128 valence electrons. The second kappa shape index (κ2) is 6.95. The number of rotatable bonds is 4. The van der Waals surface area contributed by atoms with Gasteiger partial charge in [0, 0.05) is 10.6 Å². The SMILES string of the molecule is Cc1ccc(C(C)(C)C)cc1S(=O)(=O)N/N=C/c1ccccc1Cl. The molecular formula is C18H21ClN2O2S. The average molecular weight is 365 g/mol. The second-order valence-corrected chi connectivity index (χ2v) is 8.64. The first kappa shape index (κ1) is 18.5. The van der Waals surface area contributed by atoms with Crippen LogP contribution in [0.1, 0.15) is 37.5 Å². The van der Waals surface area contributed by atoms with Crippen molar-refractivity contribution >= 4 is 27.8 Å². The Bertz CT molecular complexity index is 869. The fourth-order valence-corrected chi connectivity index (χ4v) is 3.40. The minimum absolute atomic E-state index is 0.140. The summed E-state index contributed by atoms with van der Waals surface area (Å²) in [6.07, 6.45) is 1.39. The Hall–Kier alpha value is -1.85. The molecule has 0 radical (unpaired) electrons. The van der Waals surface area contributed by atoms with Crippen LogP contribution in [-0.4, -0.2) is 14.6 Å². The number of hydrogen-bond donors (Lipinski definition) is 1. The Balaban J connectivity index is 2.29. The predicted octanol–water partition coefficient (Wildman–Crippen LogP) is 4.26. The molecule has 2 aromatic rings. The van der Waals surface area contributed by atoms with Crippen LogP contribution in [-0.2, 0) is 15.4 Å². The van der Waals surface area contributed by atoms with E-state index in [-0.39, 0.29) is 10.3 Å². The van der Waals surface area contributed by atoms with Crippen LogP contribution in [0.25, 0.3) is 0 Å². The van der Waals surface area contributed by atoms with Gasteiger partial charge < -0.3 is 0 Å². The largest absolute Gasteiger partial charge is 0.276 e. The van der Waals surface area contributed by atoms with Gasteiger partial charge in [0.05, 0.1) is 11.1 Å². The van der Waals surface area contributed by atoms with Crippen molar-refractivity contribution in [3.63, 3.8) is 0 Å². The van der Waals surface area contributed by atoms with Gasteiger partial charge in [0.1, 0.15) is 0 Å². The van der Waals surface area contributed by atoms with Crippen molar-refractivity contribution in [1.29, 1.82) is 0 Å². The van der Waals surface area contributed by atoms with Crippen molar-refractivity contribution in [3.8, 4) is 0 Å². The van der Waals surface area contributed by atoms with E-state index < -0.39 is 10.0 Å². The molecule has 0 aromatic heterocycles. The minimum atomic E-state index is -3.75. The Kier molecular flexibility index (Phi) is 5.35. The monoisotopic (exact) mass is 364 g/mol. The van der Waals surface area contributed by atoms with Crippen LogP contribution in [0, 0.1) is 6.92 Å². The van der Waals surface area contributed by atoms with Crippen molar-refractivity contribution in [2.75, 3.05) is 0 Å². The maximum Gasteiger partial charge on any atom is 0.276 e. The molecule has 0 spiro atoms. The molecule has 6 heteroatoms. The fourth-order valence-electron chi connectivity index (χ4n) is 2.15. The van der Waals surface area contributed by atoms with Gasteiger partial charge in [-0.05, 0) is 35.6 Å². The quantitative estimate of drug-likeness (QED) is 0.651. The third kappa shape index (κ3) is 4.36. The molecular weight excluding hydrogens is 344 g/mol. The van der Waals surface area contributed by atoms with Gasteiger partial charge in [-0.25, -0.2) is 4.83 Å². The smallest absolute Gasteiger partial charge is 0.200 e. The molecule has 4 nitrogen and oxygen atoms in total. The highest BCUT2D eigenvalue weighted by molar-refractivity contribution is 7.89. The molecule has 0 saturated heterocycles. The van der Waals surface area contributed by atoms with Gasteiger partial charge in [0.2, 0.25) is 0 Å². The van der Waals surface area contributed by atoms with Crippen molar-refractivity contribution in [1.82, 2.24) is 4.83 Å². The molecule has 0 heterocycles. The van der Waals surface area contributed by atoms with Crippen LogP contribution in [0.4, 0.5) is 0 Å². The highest BCUT2D eigenvalue weighted by Crippen LogP contribution is 2.26. The number of aryl methyl sites for hydroxylation is 1. The van der Waals surface area contributed by atoms with Gasteiger partial charge in [-0.2, -0.15) is 13.5 Å². The van der Waals surface area contributed by atoms with Crippen LogP contribution in [0.5, 0.6) is 0 Å². The third-order valence-electron chi connectivity index (χ3n) is 3.63. The zero-order chi connectivity index (χ0) is 18.0. The lowest BCUT2D eigenvalue weighted by molar-refractivity contribution is 0.577. The van der Waals surface area contributed by atoms with E-state index in [1.165, 1.54) is 6.21 Å². The van der Waals surface area contributed by atoms with E-state index in [9.17, 15) is 8.42 Å². The van der Waals surface area contributed by atoms with Crippen molar-refractivity contribution < 1.29 is 8.42 Å². The summed E-state index contributed by atoms with van der Waals surface area (Å²) in [6.45, 7) is 7.88. The van der Waals surface area contributed by atoms with Gasteiger partial charge >= 0.3 is 0 Å². The van der Waals surface area contributed by atoms with Crippen LogP contribution in [0.3, 0.4) is 0 Å². The Morgan fingerprint density at radius 1 is 1.12 bits per heavy atom. The van der Waals surface area contributed by atoms with E-state index in [0.29, 0.717) is 16.1 Å². The summed E-state index contributed by atoms with van der Waals surface area (Å²) in [6, 6.07) is 12.5. The van der Waals surface area contributed by atoms with Crippen LogP contribution in [0.2, 0.25) is 5.02 Å². The summed E-state index contributed by atoms with van der Waals surface area (Å²) in [4.78, 5) is 2.48. The number of sulfonamides is 1. The molecule has 0 atom stereocenters. The van der Waals surface area contributed by atoms with Crippen LogP contribution in [0.15, 0.2) is 52.5 Å². The summed E-state index contributed by atoms with van der Waals surface area (Å²) < 4.78 is 25.1. The van der Waals surface area contributed by atoms with Crippen LogP contribution < -0.4 is 4.83 Å². The first-order chi connectivity index (χ1) is 11.1. The second-order valence-electron chi connectivity index (χ2n) is 6.60. The molecule has 1 N–H and O–H groups in total. The molecule has 0 aliphatic heterocycles. The lowest BCUT2D eigenvalue weighted by atomic mass is 9.87. The Morgan fingerprint density at radius 2 is 1.79 bits per heavy atom. The zero-order valence-corrected chi connectivity index (χ0v) is 15.7. The van der Waals surface area contributed by atoms with Gasteiger partial charge in [-0.1, -0.05) is 62.7 Å². The molecule has 24 heavy (non-hydrogen) atoms. The molecule has 2 aromatic carbocycles. The minimum Gasteiger partial charge on any atom is -0.200 e. The van der Waals surface area contributed by atoms with E-state index >= 15 is 0 Å². The molecule has 0 aliphatic carbocycles. The van der Waals surface area contributed by atoms with Gasteiger partial charge in [-0.15, -0.1) is 0 Å². The number of halogens is 1. The van der Waals surface area contributed by atoms with Gasteiger partial charge in [0.25, 0.3) is 10.0 Å². The van der Waals surface area contributed by atoms with Gasteiger partial charge in [-0.3, -0.25) is 0 Å². The van der Waals surface area contributed by atoms with E-state index in [1.54, 1.807) is 37.3 Å². The summed E-state index contributed by atoms with van der Waals surface area (Å²) >= 11 is 6.02. The summed E-state index contributed by atoms with van der Waals surface area (Å²) in [5, 5.41) is 4.34. The van der Waals surface area contributed by atoms with Crippen molar-refractivity contribution in [2.45, 2.75) is 38.0 Å². The average Bonchev–Trinajstić information content (AvgIpc) is 2.48. The maximum atomic E-state index is 12.5. The van der Waals surface area contributed by atoms with Gasteiger partial charge in [0.15, 0.2) is 0 Å². The van der Waals surface area contributed by atoms with Crippen molar-refractivity contribution in [3.05, 3.63) is 64.2 Å². The summed E-state index contributed by atoms with van der Waals surface area (Å²) in [7, 11) is -3.75. The molecule has 0 amide bonds. The number of nitrogens with zero attached hydrogens (tertiary/aromatic N) is 1. The molecule has 2 rings (SSSR count). The fraction of sp³-hybridized carbons (Fsp3) is 0.278. The molecule has 0 aliphatic rings. The predicted molar refractivity (Wildman–Crippen MR) is 99.2 cm³/mol. The van der Waals surface area contributed by atoms with E-state index in [1.807, 2.05) is 32.9 Å². The summed E-state index contributed by atoms with van der Waals surface area (Å²) in [5.74, 6) is 0. The van der Waals surface area contributed by atoms with E-state index in [2.05, 4.69) is 9.93 Å². The van der Waals surface area contributed by atoms with E-state index in [4.69, 9.17) is 11.6 Å². The number of hydrazone groups is 1. The number of benzene rings is 2. The molecule has 0 bridgehead atoms. The lowest BCUT2D eigenvalue weighted by Crippen LogP contribution is -2.21. The standard InChI is InChI=1S/C18H21ClN2O2S/c1-13-9-10-15(18(2,3)4)11-17(13)24(22,23)21-20-12-14-7-5-6-8-16(14)19/h5-12,21H,1-4H3/b20-12+. The molecule has 0 saturated carbocycles. The molecule has 0 unspecified atom stereocenters. The Labute approximate surface area is 148 Å². The summed E-state index contributed by atoms with van der Waals surface area (Å²) in [5.41, 5.74) is 2.12. The number of nitrogens with one attached hydrogen (secondary N) is 1. The zero-order valence-electron chi connectivity index (χ0n) is 14.2. The topological polar surface area (TPSA) is 58.5 Å². The van der Waals surface area contributed by atoms with Crippen molar-refractivity contribution in [2.24, 2.45) is 5.10 Å². The highest BCUT2D eigenvalue weighted by Gasteiger charge is 2.21. The number of hydrogen-bond acceptors (Lipinski definition) is 3. The Morgan fingerprint density at radius 3 is 2.42 bits per heavy atom. The highest BCUT2D eigenvalue weighted by atomic mass is 35.5. The van der Waals surface area contributed by atoms with E-state index in [0.717, 1.165) is 5.56 Å². The third-order valence-corrected chi connectivity index (χ3v) is 5.33. The first-order valence-corrected chi connectivity index (χ1v) is 9.38.